The highest BCUT2D eigenvalue weighted by atomic mass is 15.2. The van der Waals surface area contributed by atoms with Crippen LogP contribution < -0.4 is 0 Å². The van der Waals surface area contributed by atoms with E-state index in [9.17, 15) is 0 Å². The zero-order valence-electron chi connectivity index (χ0n) is 11.5. The Labute approximate surface area is 121 Å². The third-order valence-corrected chi connectivity index (χ3v) is 3.64. The van der Waals surface area contributed by atoms with Crippen molar-refractivity contribution in [1.29, 1.82) is 0 Å². The summed E-state index contributed by atoms with van der Waals surface area (Å²) in [7, 11) is 2.01. The molecule has 0 aliphatic rings. The lowest BCUT2D eigenvalue weighted by Crippen LogP contribution is -1.91. The number of fused-ring (bicyclic) bond motifs is 1. The SMILES string of the molecule is Cn1ccc2c(-c3cccc(-n4cnnc4)c3)ccnc21. The molecule has 1 aromatic carbocycles. The summed E-state index contributed by atoms with van der Waals surface area (Å²) in [5.41, 5.74) is 4.36. The van der Waals surface area contributed by atoms with Gasteiger partial charge in [0.25, 0.3) is 0 Å². The molecule has 21 heavy (non-hydrogen) atoms. The van der Waals surface area contributed by atoms with Crippen LogP contribution >= 0.6 is 0 Å². The van der Waals surface area contributed by atoms with Crippen molar-refractivity contribution in [2.24, 2.45) is 7.05 Å². The molecule has 0 radical (unpaired) electrons. The highest BCUT2D eigenvalue weighted by Gasteiger charge is 2.08. The molecular formula is C16H13N5. The largest absolute Gasteiger partial charge is 0.336 e. The van der Waals surface area contributed by atoms with Gasteiger partial charge in [0.1, 0.15) is 18.3 Å². The van der Waals surface area contributed by atoms with Gasteiger partial charge in [-0.2, -0.15) is 0 Å². The molecule has 0 bridgehead atoms. The molecule has 4 rings (SSSR count). The second-order valence-electron chi connectivity index (χ2n) is 4.94. The van der Waals surface area contributed by atoms with Crippen LogP contribution in [0.25, 0.3) is 27.8 Å². The van der Waals surface area contributed by atoms with Gasteiger partial charge >= 0.3 is 0 Å². The molecule has 0 amide bonds. The van der Waals surface area contributed by atoms with Crippen LogP contribution in [0.1, 0.15) is 0 Å². The van der Waals surface area contributed by atoms with Gasteiger partial charge in [-0.1, -0.05) is 12.1 Å². The fourth-order valence-electron chi connectivity index (χ4n) is 2.58. The summed E-state index contributed by atoms with van der Waals surface area (Å²) in [6.45, 7) is 0. The first-order chi connectivity index (χ1) is 10.3. The van der Waals surface area contributed by atoms with E-state index in [0.29, 0.717) is 0 Å². The van der Waals surface area contributed by atoms with Crippen molar-refractivity contribution in [3.63, 3.8) is 0 Å². The number of hydrogen-bond acceptors (Lipinski definition) is 3. The predicted octanol–water partition coefficient (Wildman–Crippen LogP) is 2.82. The van der Waals surface area contributed by atoms with E-state index in [1.54, 1.807) is 12.7 Å². The monoisotopic (exact) mass is 275 g/mol. The van der Waals surface area contributed by atoms with Crippen LogP contribution in [-0.2, 0) is 7.05 Å². The molecule has 5 heteroatoms. The maximum Gasteiger partial charge on any atom is 0.140 e. The van der Waals surface area contributed by atoms with E-state index in [1.807, 2.05) is 46.8 Å². The zero-order valence-corrected chi connectivity index (χ0v) is 11.5. The van der Waals surface area contributed by atoms with Crippen molar-refractivity contribution in [2.45, 2.75) is 0 Å². The summed E-state index contributed by atoms with van der Waals surface area (Å²) in [6.07, 6.45) is 7.28. The molecule has 3 aromatic heterocycles. The Morgan fingerprint density at radius 3 is 2.71 bits per heavy atom. The maximum absolute atomic E-state index is 4.44. The zero-order chi connectivity index (χ0) is 14.2. The molecule has 0 saturated carbocycles. The summed E-state index contributed by atoms with van der Waals surface area (Å²) in [4.78, 5) is 4.44. The van der Waals surface area contributed by atoms with E-state index in [4.69, 9.17) is 0 Å². The molecule has 4 aromatic rings. The maximum atomic E-state index is 4.44. The first kappa shape index (κ1) is 11.8. The Morgan fingerprint density at radius 2 is 1.86 bits per heavy atom. The van der Waals surface area contributed by atoms with Crippen LogP contribution in [0.15, 0.2) is 61.4 Å². The number of pyridine rings is 1. The molecule has 0 atom stereocenters. The highest BCUT2D eigenvalue weighted by molar-refractivity contribution is 5.93. The fraction of sp³-hybridized carbons (Fsp3) is 0.0625. The standard InChI is InChI=1S/C16H13N5/c1-20-8-6-15-14(5-7-17-16(15)20)12-3-2-4-13(9-12)21-10-18-19-11-21/h2-11H,1H3. The van der Waals surface area contributed by atoms with E-state index >= 15 is 0 Å². The third kappa shape index (κ3) is 1.90. The summed E-state index contributed by atoms with van der Waals surface area (Å²) >= 11 is 0. The molecular weight excluding hydrogens is 262 g/mol. The molecule has 0 spiro atoms. The molecule has 0 aliphatic heterocycles. The third-order valence-electron chi connectivity index (χ3n) is 3.64. The number of nitrogens with zero attached hydrogens (tertiary/aromatic N) is 5. The Morgan fingerprint density at radius 1 is 1.00 bits per heavy atom. The van der Waals surface area contributed by atoms with Gasteiger partial charge in [-0.15, -0.1) is 10.2 Å². The van der Waals surface area contributed by atoms with Crippen LogP contribution in [-0.4, -0.2) is 24.3 Å². The number of benzene rings is 1. The van der Waals surface area contributed by atoms with E-state index in [1.165, 1.54) is 5.56 Å². The minimum absolute atomic E-state index is 0.988. The van der Waals surface area contributed by atoms with Crippen LogP contribution in [0, 0.1) is 0 Å². The van der Waals surface area contributed by atoms with Gasteiger partial charge in [-0.05, 0) is 35.4 Å². The van der Waals surface area contributed by atoms with E-state index < -0.39 is 0 Å². The van der Waals surface area contributed by atoms with Crippen LogP contribution in [0.2, 0.25) is 0 Å². The molecule has 5 nitrogen and oxygen atoms in total. The summed E-state index contributed by atoms with van der Waals surface area (Å²) in [5.74, 6) is 0. The van der Waals surface area contributed by atoms with Crippen molar-refractivity contribution in [3.8, 4) is 16.8 Å². The van der Waals surface area contributed by atoms with Crippen molar-refractivity contribution in [2.75, 3.05) is 0 Å². The minimum atomic E-state index is 0.988. The Balaban J connectivity index is 1.91. The van der Waals surface area contributed by atoms with Crippen LogP contribution in [0.4, 0.5) is 0 Å². The molecule has 0 fully saturated rings. The fourth-order valence-corrected chi connectivity index (χ4v) is 2.58. The summed E-state index contributed by atoms with van der Waals surface area (Å²) < 4.78 is 3.93. The lowest BCUT2D eigenvalue weighted by atomic mass is 10.0. The van der Waals surface area contributed by atoms with Gasteiger partial charge < -0.3 is 4.57 Å². The van der Waals surface area contributed by atoms with Gasteiger partial charge in [0.05, 0.1) is 0 Å². The van der Waals surface area contributed by atoms with Gasteiger partial charge in [0.15, 0.2) is 0 Å². The van der Waals surface area contributed by atoms with Crippen LogP contribution in [0.3, 0.4) is 0 Å². The topological polar surface area (TPSA) is 48.5 Å². The predicted molar refractivity (Wildman–Crippen MR) is 81.1 cm³/mol. The number of hydrogen-bond donors (Lipinski definition) is 0. The molecule has 102 valence electrons. The second kappa shape index (κ2) is 4.56. The van der Waals surface area contributed by atoms with Crippen molar-refractivity contribution >= 4 is 11.0 Å². The van der Waals surface area contributed by atoms with Gasteiger partial charge in [0, 0.05) is 30.5 Å². The number of rotatable bonds is 2. The highest BCUT2D eigenvalue weighted by Crippen LogP contribution is 2.28. The molecule has 0 aliphatic carbocycles. The van der Waals surface area contributed by atoms with Crippen molar-refractivity contribution in [3.05, 3.63) is 61.4 Å². The number of aromatic nitrogens is 5. The molecule has 0 N–H and O–H groups in total. The van der Waals surface area contributed by atoms with Gasteiger partial charge in [-0.25, -0.2) is 4.98 Å². The van der Waals surface area contributed by atoms with Crippen molar-refractivity contribution < 1.29 is 0 Å². The molecule has 3 heterocycles. The summed E-state index contributed by atoms with van der Waals surface area (Å²) in [5, 5.41) is 8.86. The first-order valence-corrected chi connectivity index (χ1v) is 6.68. The van der Waals surface area contributed by atoms with Gasteiger partial charge in [0.2, 0.25) is 0 Å². The Kier molecular flexibility index (Phi) is 2.57. The Hall–Kier alpha value is -2.95. The number of aryl methyl sites for hydroxylation is 1. The van der Waals surface area contributed by atoms with E-state index in [2.05, 4.69) is 33.4 Å². The second-order valence-corrected chi connectivity index (χ2v) is 4.94. The average Bonchev–Trinajstić information content (AvgIpc) is 3.18. The minimum Gasteiger partial charge on any atom is -0.336 e. The quantitative estimate of drug-likeness (QED) is 0.565. The summed E-state index contributed by atoms with van der Waals surface area (Å²) in [6, 6.07) is 12.5. The first-order valence-electron chi connectivity index (χ1n) is 6.68. The molecule has 0 unspecified atom stereocenters. The normalized spacial score (nSPS) is 11.1. The van der Waals surface area contributed by atoms with E-state index in [-0.39, 0.29) is 0 Å². The molecule has 0 saturated heterocycles. The Bertz CT molecular complexity index is 905. The lowest BCUT2D eigenvalue weighted by molar-refractivity contribution is 0.949. The average molecular weight is 275 g/mol. The van der Waals surface area contributed by atoms with Crippen molar-refractivity contribution in [1.82, 2.24) is 24.3 Å². The van der Waals surface area contributed by atoms with E-state index in [0.717, 1.165) is 22.3 Å². The smallest absolute Gasteiger partial charge is 0.140 e. The lowest BCUT2D eigenvalue weighted by Gasteiger charge is -2.07. The van der Waals surface area contributed by atoms with Gasteiger partial charge in [-0.3, -0.25) is 4.57 Å². The van der Waals surface area contributed by atoms with Crippen LogP contribution in [0.5, 0.6) is 0 Å².